The third-order valence-electron chi connectivity index (χ3n) is 4.50. The molecule has 0 saturated heterocycles. The van der Waals surface area contributed by atoms with E-state index in [-0.39, 0.29) is 10.8 Å². The highest BCUT2D eigenvalue weighted by atomic mass is 32.2. The van der Waals surface area contributed by atoms with Gasteiger partial charge in [0.25, 0.3) is 10.0 Å². The lowest BCUT2D eigenvalue weighted by Crippen LogP contribution is -2.29. The summed E-state index contributed by atoms with van der Waals surface area (Å²) in [6.45, 7) is 0.662. The van der Waals surface area contributed by atoms with Crippen molar-refractivity contribution in [1.82, 2.24) is 4.72 Å². The van der Waals surface area contributed by atoms with Crippen LogP contribution in [0, 0.1) is 5.92 Å². The fraction of sp³-hybridized carbons (Fsp3) is 0.529. The van der Waals surface area contributed by atoms with E-state index in [1.165, 1.54) is 25.0 Å². The molecule has 0 spiro atoms. The van der Waals surface area contributed by atoms with Crippen molar-refractivity contribution in [2.45, 2.75) is 49.8 Å². The van der Waals surface area contributed by atoms with Crippen LogP contribution in [-0.4, -0.2) is 26.7 Å². The lowest BCUT2D eigenvalue weighted by molar-refractivity contribution is -0.117. The van der Waals surface area contributed by atoms with E-state index in [2.05, 4.69) is 15.0 Å². The SMILES string of the molecule is O=C(CC1CCCC1)Nc1cccc(S(=O)(=O)NC2=NCCC2)c1. The van der Waals surface area contributed by atoms with Crippen molar-refractivity contribution in [2.75, 3.05) is 11.9 Å². The summed E-state index contributed by atoms with van der Waals surface area (Å²) in [6.07, 6.45) is 6.63. The van der Waals surface area contributed by atoms with Crippen LogP contribution in [0.5, 0.6) is 0 Å². The monoisotopic (exact) mass is 349 g/mol. The minimum Gasteiger partial charge on any atom is -0.326 e. The van der Waals surface area contributed by atoms with Crippen LogP contribution >= 0.6 is 0 Å². The van der Waals surface area contributed by atoms with Crippen molar-refractivity contribution in [3.8, 4) is 0 Å². The number of anilines is 1. The van der Waals surface area contributed by atoms with Gasteiger partial charge in [-0.3, -0.25) is 14.5 Å². The fourth-order valence-electron chi connectivity index (χ4n) is 3.27. The summed E-state index contributed by atoms with van der Waals surface area (Å²) in [6, 6.07) is 6.35. The normalized spacial score (nSPS) is 18.4. The summed E-state index contributed by atoms with van der Waals surface area (Å²) in [5.74, 6) is 0.911. The highest BCUT2D eigenvalue weighted by Gasteiger charge is 2.20. The Labute approximate surface area is 142 Å². The van der Waals surface area contributed by atoms with Crippen molar-refractivity contribution in [3.63, 3.8) is 0 Å². The molecule has 0 radical (unpaired) electrons. The van der Waals surface area contributed by atoms with Crippen molar-refractivity contribution in [1.29, 1.82) is 0 Å². The Bertz CT molecular complexity index is 737. The third-order valence-corrected chi connectivity index (χ3v) is 5.88. The molecule has 1 aliphatic heterocycles. The number of amidine groups is 1. The third kappa shape index (κ3) is 4.35. The van der Waals surface area contributed by atoms with Crippen LogP contribution in [0.4, 0.5) is 5.69 Å². The minimum atomic E-state index is -3.66. The molecule has 1 aliphatic carbocycles. The Balaban J connectivity index is 1.65. The maximum Gasteiger partial charge on any atom is 0.262 e. The van der Waals surface area contributed by atoms with Gasteiger partial charge in [-0.05, 0) is 43.4 Å². The molecule has 7 heteroatoms. The Morgan fingerprint density at radius 1 is 1.21 bits per heavy atom. The van der Waals surface area contributed by atoms with E-state index in [4.69, 9.17) is 0 Å². The predicted molar refractivity (Wildman–Crippen MR) is 93.5 cm³/mol. The molecule has 1 fully saturated rings. The van der Waals surface area contributed by atoms with E-state index < -0.39 is 10.0 Å². The Hall–Kier alpha value is -1.89. The number of rotatable bonds is 5. The number of carbonyl (C=O) groups excluding carboxylic acids is 1. The van der Waals surface area contributed by atoms with Gasteiger partial charge in [0, 0.05) is 25.1 Å². The summed E-state index contributed by atoms with van der Waals surface area (Å²) < 4.78 is 27.3. The first-order valence-electron chi connectivity index (χ1n) is 8.49. The molecular formula is C17H23N3O3S. The van der Waals surface area contributed by atoms with Crippen molar-refractivity contribution >= 4 is 27.5 Å². The molecule has 1 amide bonds. The zero-order chi connectivity index (χ0) is 17.0. The van der Waals surface area contributed by atoms with E-state index >= 15 is 0 Å². The molecule has 0 aromatic heterocycles. The Morgan fingerprint density at radius 2 is 2.00 bits per heavy atom. The highest BCUT2D eigenvalue weighted by Crippen LogP contribution is 2.28. The Morgan fingerprint density at radius 3 is 2.71 bits per heavy atom. The first kappa shape index (κ1) is 17.0. The first-order chi connectivity index (χ1) is 11.5. The lowest BCUT2D eigenvalue weighted by Gasteiger charge is -2.11. The predicted octanol–water partition coefficient (Wildman–Crippen LogP) is 2.68. The molecule has 0 bridgehead atoms. The lowest BCUT2D eigenvalue weighted by atomic mass is 10.0. The number of nitrogens with one attached hydrogen (secondary N) is 2. The fourth-order valence-corrected chi connectivity index (χ4v) is 4.40. The smallest absolute Gasteiger partial charge is 0.262 e. The van der Waals surface area contributed by atoms with Crippen molar-refractivity contribution in [3.05, 3.63) is 24.3 Å². The standard InChI is InChI=1S/C17H23N3O3S/c21-17(11-13-5-1-2-6-13)19-14-7-3-8-15(12-14)24(22,23)20-16-9-4-10-18-16/h3,7-8,12-13H,1-2,4-6,9-11H2,(H,18,20)(H,19,21). The molecule has 1 aromatic carbocycles. The van der Waals surface area contributed by atoms with Gasteiger partial charge in [-0.2, -0.15) is 0 Å². The van der Waals surface area contributed by atoms with Crippen molar-refractivity contribution in [2.24, 2.45) is 10.9 Å². The van der Waals surface area contributed by atoms with E-state index in [0.29, 0.717) is 36.8 Å². The van der Waals surface area contributed by atoms with E-state index in [1.54, 1.807) is 12.1 Å². The molecule has 130 valence electrons. The zero-order valence-corrected chi connectivity index (χ0v) is 14.4. The molecule has 6 nitrogen and oxygen atoms in total. The van der Waals surface area contributed by atoms with Gasteiger partial charge in [-0.15, -0.1) is 0 Å². The molecule has 1 heterocycles. The second-order valence-electron chi connectivity index (χ2n) is 6.47. The largest absolute Gasteiger partial charge is 0.326 e. The highest BCUT2D eigenvalue weighted by molar-refractivity contribution is 7.90. The maximum atomic E-state index is 12.4. The molecule has 1 aromatic rings. The van der Waals surface area contributed by atoms with Crippen LogP contribution < -0.4 is 10.0 Å². The van der Waals surface area contributed by atoms with Gasteiger partial charge < -0.3 is 5.32 Å². The van der Waals surface area contributed by atoms with Gasteiger partial charge >= 0.3 is 0 Å². The minimum absolute atomic E-state index is 0.0513. The van der Waals surface area contributed by atoms with Crippen molar-refractivity contribution < 1.29 is 13.2 Å². The summed E-state index contributed by atoms with van der Waals surface area (Å²) >= 11 is 0. The van der Waals surface area contributed by atoms with E-state index in [1.807, 2.05) is 0 Å². The summed E-state index contributed by atoms with van der Waals surface area (Å²) in [5.41, 5.74) is 0.509. The zero-order valence-electron chi connectivity index (χ0n) is 13.6. The molecule has 24 heavy (non-hydrogen) atoms. The number of amides is 1. The number of hydrogen-bond acceptors (Lipinski definition) is 4. The van der Waals surface area contributed by atoms with E-state index in [0.717, 1.165) is 19.3 Å². The number of hydrogen-bond donors (Lipinski definition) is 2. The van der Waals surface area contributed by atoms with Crippen LogP contribution in [0.3, 0.4) is 0 Å². The first-order valence-corrected chi connectivity index (χ1v) is 9.97. The summed E-state index contributed by atoms with van der Waals surface area (Å²) in [4.78, 5) is 16.4. The number of aliphatic imine (C=N–C) groups is 1. The van der Waals surface area contributed by atoms with Gasteiger partial charge in [0.05, 0.1) is 4.90 Å². The number of benzene rings is 1. The van der Waals surface area contributed by atoms with Gasteiger partial charge in [0.1, 0.15) is 5.84 Å². The van der Waals surface area contributed by atoms with Crippen LogP contribution in [0.25, 0.3) is 0 Å². The van der Waals surface area contributed by atoms with Gasteiger partial charge in [-0.25, -0.2) is 8.42 Å². The average Bonchev–Trinajstić information content (AvgIpc) is 3.21. The second-order valence-corrected chi connectivity index (χ2v) is 8.15. The van der Waals surface area contributed by atoms with Crippen LogP contribution in [0.1, 0.15) is 44.9 Å². The number of sulfonamides is 1. The van der Waals surface area contributed by atoms with Gasteiger partial charge in [-0.1, -0.05) is 18.9 Å². The number of nitrogens with zero attached hydrogens (tertiary/aromatic N) is 1. The Kier molecular flexibility index (Phi) is 5.18. The summed E-state index contributed by atoms with van der Waals surface area (Å²) in [5, 5.41) is 2.81. The molecule has 0 atom stereocenters. The van der Waals surface area contributed by atoms with E-state index in [9.17, 15) is 13.2 Å². The molecule has 0 unspecified atom stereocenters. The molecule has 3 rings (SSSR count). The topological polar surface area (TPSA) is 87.6 Å². The van der Waals surface area contributed by atoms with Gasteiger partial charge in [0.2, 0.25) is 5.91 Å². The molecule has 2 N–H and O–H groups in total. The van der Waals surface area contributed by atoms with Crippen LogP contribution in [0.2, 0.25) is 0 Å². The second kappa shape index (κ2) is 7.34. The molecule has 1 saturated carbocycles. The van der Waals surface area contributed by atoms with Crippen LogP contribution in [-0.2, 0) is 14.8 Å². The van der Waals surface area contributed by atoms with Gasteiger partial charge in [0.15, 0.2) is 0 Å². The summed E-state index contributed by atoms with van der Waals surface area (Å²) in [7, 11) is -3.66. The number of carbonyl (C=O) groups is 1. The quantitative estimate of drug-likeness (QED) is 0.857. The maximum absolute atomic E-state index is 12.4. The molecule has 2 aliphatic rings. The average molecular weight is 349 g/mol. The molecular weight excluding hydrogens is 326 g/mol. The van der Waals surface area contributed by atoms with Crippen LogP contribution in [0.15, 0.2) is 34.2 Å².